The summed E-state index contributed by atoms with van der Waals surface area (Å²) < 4.78 is 0. The van der Waals surface area contributed by atoms with Crippen LogP contribution >= 0.6 is 0 Å². The summed E-state index contributed by atoms with van der Waals surface area (Å²) in [5, 5.41) is 2.76. The number of ketones is 1. The lowest BCUT2D eigenvalue weighted by Crippen LogP contribution is -2.22. The number of Topliss-reactive ketones (excluding diaryl/α,β-unsaturated/α-hetero) is 1. The van der Waals surface area contributed by atoms with Gasteiger partial charge in [0.15, 0.2) is 0 Å². The van der Waals surface area contributed by atoms with Crippen LogP contribution in [0.4, 0.5) is 0 Å². The quantitative estimate of drug-likeness (QED) is 0.151. The van der Waals surface area contributed by atoms with Crippen LogP contribution in [0.2, 0.25) is 0 Å². The van der Waals surface area contributed by atoms with E-state index in [9.17, 15) is 9.59 Å². The Morgan fingerprint density at radius 1 is 0.700 bits per heavy atom. The molecule has 0 atom stereocenters. The van der Waals surface area contributed by atoms with Crippen molar-refractivity contribution in [1.29, 1.82) is 0 Å². The Balaban J connectivity index is 3.55. The first-order valence-corrected chi connectivity index (χ1v) is 11.4. The molecule has 30 heavy (non-hydrogen) atoms. The molecular formula is C27H41NO2. The standard InChI is InChI=1S/C27H41NO2/c1-3-5-6-7-8-9-10-11-12-13-14-15-16-17-18-19-20-23-26(29)24-21-25-28-27(30)22-4-2/h4-6,8-9,11-12,14-15,17-18,22H,3,7,10,13,16,19-21,23-25H2,1-2H3,(H,28,30)/b6-5-,9-8-,12-11-,15-14-,18-17-,22-4+. The number of unbranched alkanes of at least 4 members (excludes halogenated alkanes) is 1. The number of nitrogens with one attached hydrogen (secondary N) is 1. The van der Waals surface area contributed by atoms with E-state index in [0.29, 0.717) is 25.8 Å². The van der Waals surface area contributed by atoms with Crippen LogP contribution < -0.4 is 5.32 Å². The summed E-state index contributed by atoms with van der Waals surface area (Å²) >= 11 is 0. The van der Waals surface area contributed by atoms with Crippen LogP contribution in [0.1, 0.15) is 78.1 Å². The molecule has 0 aliphatic heterocycles. The van der Waals surface area contributed by atoms with E-state index in [1.165, 1.54) is 6.08 Å². The molecule has 0 aliphatic rings. The normalized spacial score (nSPS) is 12.6. The summed E-state index contributed by atoms with van der Waals surface area (Å²) in [4.78, 5) is 23.0. The highest BCUT2D eigenvalue weighted by atomic mass is 16.1. The summed E-state index contributed by atoms with van der Waals surface area (Å²) in [6.07, 6.45) is 33.8. The Kier molecular flexibility index (Phi) is 21.0. The maximum Gasteiger partial charge on any atom is 0.243 e. The molecule has 0 aromatic carbocycles. The first-order valence-electron chi connectivity index (χ1n) is 11.4. The van der Waals surface area contributed by atoms with Gasteiger partial charge in [-0.15, -0.1) is 0 Å². The van der Waals surface area contributed by atoms with Crippen LogP contribution in [0.25, 0.3) is 0 Å². The Hall–Kier alpha value is -2.42. The zero-order valence-corrected chi connectivity index (χ0v) is 19.0. The number of carbonyl (C=O) groups excluding carboxylic acids is 2. The molecule has 0 saturated carbocycles. The van der Waals surface area contributed by atoms with Gasteiger partial charge in [0.1, 0.15) is 5.78 Å². The lowest BCUT2D eigenvalue weighted by atomic mass is 10.1. The summed E-state index contributed by atoms with van der Waals surface area (Å²) in [6, 6.07) is 0. The van der Waals surface area contributed by atoms with Gasteiger partial charge in [-0.1, -0.05) is 73.8 Å². The van der Waals surface area contributed by atoms with Crippen molar-refractivity contribution in [1.82, 2.24) is 5.32 Å². The first kappa shape index (κ1) is 27.6. The highest BCUT2D eigenvalue weighted by Gasteiger charge is 2.01. The van der Waals surface area contributed by atoms with E-state index in [2.05, 4.69) is 73.0 Å². The predicted octanol–water partition coefficient (Wildman–Crippen LogP) is 6.95. The van der Waals surface area contributed by atoms with Crippen molar-refractivity contribution in [2.24, 2.45) is 0 Å². The van der Waals surface area contributed by atoms with Crippen molar-refractivity contribution >= 4 is 11.7 Å². The van der Waals surface area contributed by atoms with Crippen molar-refractivity contribution in [2.45, 2.75) is 78.1 Å². The Morgan fingerprint density at radius 3 is 1.73 bits per heavy atom. The third-order valence-electron chi connectivity index (χ3n) is 4.23. The van der Waals surface area contributed by atoms with E-state index in [1.54, 1.807) is 13.0 Å². The van der Waals surface area contributed by atoms with Gasteiger partial charge in [-0.3, -0.25) is 9.59 Å². The number of rotatable bonds is 18. The lowest BCUT2D eigenvalue weighted by molar-refractivity contribution is -0.120. The number of hydrogen-bond donors (Lipinski definition) is 1. The SMILES string of the molecule is C/C=C/C(=O)NCCCC(=O)CCC/C=C\C/C=C\C/C=C\C/C=C\C/C=C\CC. The van der Waals surface area contributed by atoms with Crippen LogP contribution in [0, 0.1) is 0 Å². The minimum atomic E-state index is -0.0941. The average Bonchev–Trinajstić information content (AvgIpc) is 2.73. The number of carbonyl (C=O) groups is 2. The van der Waals surface area contributed by atoms with Crippen LogP contribution in [0.5, 0.6) is 0 Å². The van der Waals surface area contributed by atoms with Gasteiger partial charge in [-0.2, -0.15) is 0 Å². The minimum absolute atomic E-state index is 0.0941. The third kappa shape index (κ3) is 21.9. The highest BCUT2D eigenvalue weighted by Crippen LogP contribution is 2.03. The molecule has 0 aromatic rings. The van der Waals surface area contributed by atoms with Gasteiger partial charge in [-0.05, 0) is 64.4 Å². The molecule has 0 unspecified atom stereocenters. The first-order chi connectivity index (χ1) is 14.7. The van der Waals surface area contributed by atoms with Gasteiger partial charge in [0, 0.05) is 19.4 Å². The van der Waals surface area contributed by atoms with Crippen molar-refractivity contribution < 1.29 is 9.59 Å². The average molecular weight is 412 g/mol. The largest absolute Gasteiger partial charge is 0.353 e. The third-order valence-corrected chi connectivity index (χ3v) is 4.23. The summed E-state index contributed by atoms with van der Waals surface area (Å²) in [5.74, 6) is 0.186. The summed E-state index contributed by atoms with van der Waals surface area (Å²) in [7, 11) is 0. The van der Waals surface area contributed by atoms with E-state index in [4.69, 9.17) is 0 Å². The molecule has 0 saturated heterocycles. The smallest absolute Gasteiger partial charge is 0.243 e. The highest BCUT2D eigenvalue weighted by molar-refractivity contribution is 5.87. The molecule has 3 nitrogen and oxygen atoms in total. The van der Waals surface area contributed by atoms with Gasteiger partial charge in [0.2, 0.25) is 5.91 Å². The second kappa shape index (κ2) is 22.9. The molecule has 1 amide bonds. The van der Waals surface area contributed by atoms with E-state index < -0.39 is 0 Å². The monoisotopic (exact) mass is 411 g/mol. The molecule has 0 heterocycles. The van der Waals surface area contributed by atoms with Crippen molar-refractivity contribution in [3.8, 4) is 0 Å². The minimum Gasteiger partial charge on any atom is -0.353 e. The van der Waals surface area contributed by atoms with Crippen molar-refractivity contribution in [3.63, 3.8) is 0 Å². The molecule has 166 valence electrons. The Bertz CT molecular complexity index is 606. The van der Waals surface area contributed by atoms with E-state index in [0.717, 1.165) is 44.9 Å². The number of allylic oxidation sites excluding steroid dienone is 11. The Morgan fingerprint density at radius 2 is 1.20 bits per heavy atom. The molecule has 0 spiro atoms. The molecule has 0 aromatic heterocycles. The fourth-order valence-corrected chi connectivity index (χ4v) is 2.62. The zero-order valence-electron chi connectivity index (χ0n) is 19.0. The zero-order chi connectivity index (χ0) is 22.1. The summed E-state index contributed by atoms with van der Waals surface area (Å²) in [5.41, 5.74) is 0. The number of amides is 1. The van der Waals surface area contributed by atoms with Gasteiger partial charge in [-0.25, -0.2) is 0 Å². The van der Waals surface area contributed by atoms with Gasteiger partial charge >= 0.3 is 0 Å². The number of hydrogen-bond acceptors (Lipinski definition) is 2. The molecule has 0 fully saturated rings. The van der Waals surface area contributed by atoms with Crippen molar-refractivity contribution in [3.05, 3.63) is 72.9 Å². The molecule has 0 bridgehead atoms. The van der Waals surface area contributed by atoms with Crippen LogP contribution in [0.3, 0.4) is 0 Å². The van der Waals surface area contributed by atoms with E-state index >= 15 is 0 Å². The second-order valence-corrected chi connectivity index (χ2v) is 7.03. The molecular weight excluding hydrogens is 370 g/mol. The van der Waals surface area contributed by atoms with E-state index in [-0.39, 0.29) is 11.7 Å². The Labute approximate surface area is 184 Å². The molecule has 1 N–H and O–H groups in total. The van der Waals surface area contributed by atoms with E-state index in [1.807, 2.05) is 0 Å². The maximum absolute atomic E-state index is 11.8. The van der Waals surface area contributed by atoms with Crippen molar-refractivity contribution in [2.75, 3.05) is 6.54 Å². The van der Waals surface area contributed by atoms with Crippen LogP contribution in [-0.4, -0.2) is 18.2 Å². The summed E-state index contributed by atoms with van der Waals surface area (Å²) in [6.45, 7) is 4.51. The van der Waals surface area contributed by atoms with Crippen LogP contribution in [0.15, 0.2) is 72.9 Å². The van der Waals surface area contributed by atoms with Gasteiger partial charge < -0.3 is 5.32 Å². The van der Waals surface area contributed by atoms with Gasteiger partial charge in [0.05, 0.1) is 0 Å². The molecule has 3 heteroatoms. The fraction of sp³-hybridized carbons (Fsp3) is 0.481. The molecule has 0 aliphatic carbocycles. The van der Waals surface area contributed by atoms with Crippen LogP contribution in [-0.2, 0) is 9.59 Å². The fourth-order valence-electron chi connectivity index (χ4n) is 2.62. The second-order valence-electron chi connectivity index (χ2n) is 7.03. The predicted molar refractivity (Wildman–Crippen MR) is 130 cm³/mol. The van der Waals surface area contributed by atoms with Gasteiger partial charge in [0.25, 0.3) is 0 Å². The topological polar surface area (TPSA) is 46.2 Å². The molecule has 0 rings (SSSR count). The maximum atomic E-state index is 11.8. The lowest BCUT2D eigenvalue weighted by Gasteiger charge is -2.02. The molecule has 0 radical (unpaired) electrons.